The minimum absolute atomic E-state index is 0.0743. The zero-order chi connectivity index (χ0) is 18.8. The standard InChI is InChI=1S/C19H19ClFN5O/c20-15-7-4-10-26-17(15)23-24-19(26)25-9-3-6-14(12-25)18(27)22-11-13-5-1-2-8-16(13)21/h1-2,4-5,7-8,10,14H,3,6,9,11-12H2,(H,22,27)/t14-/m1/s1. The number of nitrogens with zero attached hydrogens (tertiary/aromatic N) is 4. The molecule has 27 heavy (non-hydrogen) atoms. The number of amides is 1. The van der Waals surface area contributed by atoms with Gasteiger partial charge in [-0.15, -0.1) is 10.2 Å². The van der Waals surface area contributed by atoms with Gasteiger partial charge in [0, 0.05) is 31.4 Å². The van der Waals surface area contributed by atoms with Crippen molar-refractivity contribution in [1.82, 2.24) is 19.9 Å². The Morgan fingerprint density at radius 2 is 2.11 bits per heavy atom. The molecule has 0 unspecified atom stereocenters. The molecule has 2 aromatic heterocycles. The fraction of sp³-hybridized carbons (Fsp3) is 0.316. The number of carbonyl (C=O) groups excluding carboxylic acids is 1. The molecular formula is C19H19ClFN5O. The molecule has 1 aliphatic rings. The average Bonchev–Trinajstić information content (AvgIpc) is 3.13. The first-order valence-corrected chi connectivity index (χ1v) is 9.26. The summed E-state index contributed by atoms with van der Waals surface area (Å²) in [5, 5.41) is 11.8. The number of hydrogen-bond donors (Lipinski definition) is 1. The summed E-state index contributed by atoms with van der Waals surface area (Å²) in [7, 11) is 0. The van der Waals surface area contributed by atoms with Gasteiger partial charge in [0.25, 0.3) is 0 Å². The second-order valence-electron chi connectivity index (χ2n) is 6.64. The number of rotatable bonds is 4. The van der Waals surface area contributed by atoms with Gasteiger partial charge in [0.15, 0.2) is 5.65 Å². The van der Waals surface area contributed by atoms with Gasteiger partial charge in [0.2, 0.25) is 11.9 Å². The lowest BCUT2D eigenvalue weighted by Gasteiger charge is -2.32. The number of carbonyl (C=O) groups is 1. The largest absolute Gasteiger partial charge is 0.352 e. The van der Waals surface area contributed by atoms with E-state index in [0.29, 0.717) is 28.7 Å². The Morgan fingerprint density at radius 3 is 2.96 bits per heavy atom. The number of fused-ring (bicyclic) bond motifs is 1. The monoisotopic (exact) mass is 387 g/mol. The molecule has 3 aromatic rings. The van der Waals surface area contributed by atoms with E-state index in [4.69, 9.17) is 11.6 Å². The number of aromatic nitrogens is 3. The predicted octanol–water partition coefficient (Wildman–Crippen LogP) is 3.05. The smallest absolute Gasteiger partial charge is 0.231 e. The molecule has 0 spiro atoms. The third kappa shape index (κ3) is 3.60. The molecule has 0 bridgehead atoms. The minimum atomic E-state index is -0.310. The number of benzene rings is 1. The predicted molar refractivity (Wildman–Crippen MR) is 101 cm³/mol. The molecule has 1 aliphatic heterocycles. The van der Waals surface area contributed by atoms with Crippen LogP contribution in [0.5, 0.6) is 0 Å². The number of pyridine rings is 1. The normalized spacial score (nSPS) is 17.3. The van der Waals surface area contributed by atoms with Crippen molar-refractivity contribution in [3.63, 3.8) is 0 Å². The summed E-state index contributed by atoms with van der Waals surface area (Å²) in [5.74, 6) is 0.112. The molecule has 140 valence electrons. The fourth-order valence-corrected chi connectivity index (χ4v) is 3.63. The Kier molecular flexibility index (Phi) is 4.94. The second-order valence-corrected chi connectivity index (χ2v) is 7.05. The van der Waals surface area contributed by atoms with Gasteiger partial charge in [-0.3, -0.25) is 9.20 Å². The molecule has 4 rings (SSSR count). The number of anilines is 1. The molecule has 6 nitrogen and oxygen atoms in total. The van der Waals surface area contributed by atoms with Crippen LogP contribution in [-0.4, -0.2) is 33.6 Å². The van der Waals surface area contributed by atoms with Gasteiger partial charge in [-0.1, -0.05) is 29.8 Å². The van der Waals surface area contributed by atoms with E-state index in [2.05, 4.69) is 15.5 Å². The summed E-state index contributed by atoms with van der Waals surface area (Å²) in [6.45, 7) is 1.52. The van der Waals surface area contributed by atoms with Crippen LogP contribution in [0.1, 0.15) is 18.4 Å². The van der Waals surface area contributed by atoms with E-state index in [-0.39, 0.29) is 24.2 Å². The molecule has 1 atom stereocenters. The first kappa shape index (κ1) is 17.7. The topological polar surface area (TPSA) is 62.5 Å². The summed E-state index contributed by atoms with van der Waals surface area (Å²) in [4.78, 5) is 14.6. The summed E-state index contributed by atoms with van der Waals surface area (Å²) < 4.78 is 15.6. The van der Waals surface area contributed by atoms with E-state index in [1.165, 1.54) is 6.07 Å². The lowest BCUT2D eigenvalue weighted by molar-refractivity contribution is -0.125. The van der Waals surface area contributed by atoms with Crippen molar-refractivity contribution < 1.29 is 9.18 Å². The van der Waals surface area contributed by atoms with Gasteiger partial charge in [-0.05, 0) is 31.0 Å². The van der Waals surface area contributed by atoms with E-state index < -0.39 is 0 Å². The van der Waals surface area contributed by atoms with E-state index in [1.54, 1.807) is 24.3 Å². The first-order chi connectivity index (χ1) is 13.1. The van der Waals surface area contributed by atoms with Crippen LogP contribution < -0.4 is 10.2 Å². The van der Waals surface area contributed by atoms with Crippen molar-refractivity contribution in [2.75, 3.05) is 18.0 Å². The van der Waals surface area contributed by atoms with Crippen molar-refractivity contribution in [2.24, 2.45) is 5.92 Å². The number of halogens is 2. The zero-order valence-electron chi connectivity index (χ0n) is 14.6. The zero-order valence-corrected chi connectivity index (χ0v) is 15.4. The molecular weight excluding hydrogens is 369 g/mol. The number of piperidine rings is 1. The Morgan fingerprint density at radius 1 is 1.26 bits per heavy atom. The third-order valence-corrected chi connectivity index (χ3v) is 5.15. The Balaban J connectivity index is 1.45. The van der Waals surface area contributed by atoms with Crippen LogP contribution >= 0.6 is 11.6 Å². The van der Waals surface area contributed by atoms with Crippen LogP contribution in [0.2, 0.25) is 5.02 Å². The molecule has 0 aliphatic carbocycles. The molecule has 0 radical (unpaired) electrons. The third-order valence-electron chi connectivity index (χ3n) is 4.86. The van der Waals surface area contributed by atoms with Crippen LogP contribution in [0, 0.1) is 11.7 Å². The van der Waals surface area contributed by atoms with Crippen molar-refractivity contribution in [3.05, 3.63) is 59.0 Å². The van der Waals surface area contributed by atoms with Crippen LogP contribution in [-0.2, 0) is 11.3 Å². The van der Waals surface area contributed by atoms with Gasteiger partial charge in [-0.25, -0.2) is 4.39 Å². The summed E-state index contributed by atoms with van der Waals surface area (Å²) in [6, 6.07) is 10.1. The molecule has 1 fully saturated rings. The quantitative estimate of drug-likeness (QED) is 0.747. The maximum absolute atomic E-state index is 13.7. The molecule has 1 aromatic carbocycles. The average molecular weight is 388 g/mol. The molecule has 3 heterocycles. The van der Waals surface area contributed by atoms with Crippen molar-refractivity contribution in [3.8, 4) is 0 Å². The lowest BCUT2D eigenvalue weighted by atomic mass is 9.97. The Hall–Kier alpha value is -2.67. The molecule has 0 saturated carbocycles. The van der Waals surface area contributed by atoms with Crippen molar-refractivity contribution >= 4 is 29.1 Å². The van der Waals surface area contributed by atoms with Gasteiger partial charge in [0.05, 0.1) is 10.9 Å². The van der Waals surface area contributed by atoms with E-state index in [1.807, 2.05) is 21.6 Å². The lowest BCUT2D eigenvalue weighted by Crippen LogP contribution is -2.43. The van der Waals surface area contributed by atoms with E-state index in [9.17, 15) is 9.18 Å². The highest BCUT2D eigenvalue weighted by molar-refractivity contribution is 6.33. The maximum atomic E-state index is 13.7. The Labute approximate surface area is 161 Å². The highest BCUT2D eigenvalue weighted by Gasteiger charge is 2.28. The molecule has 8 heteroatoms. The highest BCUT2D eigenvalue weighted by Crippen LogP contribution is 2.25. The molecule has 1 amide bonds. The number of nitrogens with one attached hydrogen (secondary N) is 1. The first-order valence-electron chi connectivity index (χ1n) is 8.89. The number of hydrogen-bond acceptors (Lipinski definition) is 4. The molecule has 1 saturated heterocycles. The van der Waals surface area contributed by atoms with Gasteiger partial charge >= 0.3 is 0 Å². The second kappa shape index (κ2) is 7.52. The van der Waals surface area contributed by atoms with Crippen LogP contribution in [0.15, 0.2) is 42.6 Å². The van der Waals surface area contributed by atoms with Gasteiger partial charge in [0.1, 0.15) is 5.82 Å². The summed E-state index contributed by atoms with van der Waals surface area (Å²) in [6.07, 6.45) is 3.52. The van der Waals surface area contributed by atoms with E-state index in [0.717, 1.165) is 19.4 Å². The van der Waals surface area contributed by atoms with Crippen LogP contribution in [0.25, 0.3) is 5.65 Å². The van der Waals surface area contributed by atoms with Crippen molar-refractivity contribution in [1.29, 1.82) is 0 Å². The van der Waals surface area contributed by atoms with Crippen LogP contribution in [0.4, 0.5) is 10.3 Å². The molecule has 1 N–H and O–H groups in total. The summed E-state index contributed by atoms with van der Waals surface area (Å²) >= 11 is 6.16. The summed E-state index contributed by atoms with van der Waals surface area (Å²) in [5.41, 5.74) is 1.08. The highest BCUT2D eigenvalue weighted by atomic mass is 35.5. The van der Waals surface area contributed by atoms with E-state index >= 15 is 0 Å². The van der Waals surface area contributed by atoms with Gasteiger partial charge < -0.3 is 10.2 Å². The van der Waals surface area contributed by atoms with Crippen molar-refractivity contribution in [2.45, 2.75) is 19.4 Å². The van der Waals surface area contributed by atoms with Crippen LogP contribution in [0.3, 0.4) is 0 Å². The Bertz CT molecular complexity index is 976. The maximum Gasteiger partial charge on any atom is 0.231 e. The minimum Gasteiger partial charge on any atom is -0.352 e. The fourth-order valence-electron chi connectivity index (χ4n) is 3.43. The van der Waals surface area contributed by atoms with Gasteiger partial charge in [-0.2, -0.15) is 0 Å². The SMILES string of the molecule is O=C(NCc1ccccc1F)[C@@H]1CCCN(c2nnc3c(Cl)cccn23)C1.